The Kier molecular flexibility index (Phi) is 6.01. The molecule has 6 heterocycles. The van der Waals surface area contributed by atoms with Crippen LogP contribution in [-0.4, -0.2) is 76.6 Å². The average molecular weight is 586 g/mol. The molecule has 0 amide bonds. The van der Waals surface area contributed by atoms with E-state index in [4.69, 9.17) is 16.1 Å². The lowest BCUT2D eigenvalue weighted by Crippen LogP contribution is -2.67. The van der Waals surface area contributed by atoms with Crippen LogP contribution in [0.2, 0.25) is 0 Å². The average Bonchev–Trinajstić information content (AvgIpc) is 3.50. The van der Waals surface area contributed by atoms with E-state index >= 15 is 8.78 Å². The van der Waals surface area contributed by atoms with Crippen molar-refractivity contribution in [1.82, 2.24) is 20.2 Å². The van der Waals surface area contributed by atoms with Crippen molar-refractivity contribution in [2.24, 2.45) is 0 Å². The molecule has 5 saturated heterocycles. The molecule has 0 radical (unpaired) electrons. The fraction of sp³-hybridized carbons (Fsp3) is 0.394. The van der Waals surface area contributed by atoms with Crippen LogP contribution >= 0.6 is 0 Å². The highest BCUT2D eigenvalue weighted by atomic mass is 19.1. The number of rotatable bonds is 5. The molecule has 10 heteroatoms. The summed E-state index contributed by atoms with van der Waals surface area (Å²) in [6, 6.07) is 9.76. The monoisotopic (exact) mass is 585 g/mol. The van der Waals surface area contributed by atoms with Crippen LogP contribution in [0, 0.1) is 24.0 Å². The molecule has 0 saturated carbocycles. The number of benzene rings is 3. The first-order chi connectivity index (χ1) is 20.8. The number of aromatic hydroxyl groups is 1. The molecule has 0 aliphatic carbocycles. The van der Waals surface area contributed by atoms with Crippen LogP contribution < -0.4 is 15.0 Å². The lowest BCUT2D eigenvalue weighted by atomic mass is 9.91. The number of nitrogens with zero attached hydrogens (tertiary/aromatic N) is 4. The van der Waals surface area contributed by atoms with Gasteiger partial charge in [0.05, 0.1) is 11.1 Å². The molecule has 43 heavy (non-hydrogen) atoms. The van der Waals surface area contributed by atoms with Gasteiger partial charge < -0.3 is 20.1 Å². The molecule has 2 bridgehead atoms. The standard InChI is InChI=1S/C33H30F3N5O2/c1-2-18-5-3-6-19-9-23(42)11-24(27(18)19)28-26(35)12-25-30(29(28)36)38-32(39-31(25)40-15-21-10-22(16-40)37-21)43-17-33-7-4-8-41(33)14-20(34)13-33/h1,3,5-6,9,11-12,20-22,37,42H,4,7-8,10,13-17H2/t20-,21?,22?,33?/m1/s1. The Morgan fingerprint density at radius 2 is 1.95 bits per heavy atom. The van der Waals surface area contributed by atoms with Crippen LogP contribution in [0.1, 0.15) is 31.2 Å². The van der Waals surface area contributed by atoms with Crippen molar-refractivity contribution < 1.29 is 23.0 Å². The summed E-state index contributed by atoms with van der Waals surface area (Å²) in [5, 5.41) is 15.2. The van der Waals surface area contributed by atoms with Crippen molar-refractivity contribution in [3.8, 4) is 35.2 Å². The van der Waals surface area contributed by atoms with Crippen molar-refractivity contribution in [3.05, 3.63) is 53.6 Å². The Hall–Kier alpha value is -4.07. The zero-order valence-corrected chi connectivity index (χ0v) is 23.4. The first-order valence-electron chi connectivity index (χ1n) is 14.8. The maximum atomic E-state index is 16.7. The first kappa shape index (κ1) is 26.5. The van der Waals surface area contributed by atoms with Gasteiger partial charge in [-0.25, -0.2) is 13.2 Å². The molecule has 5 aliphatic rings. The Morgan fingerprint density at radius 1 is 1.14 bits per heavy atom. The molecule has 9 rings (SSSR count). The number of hydrogen-bond donors (Lipinski definition) is 2. The maximum Gasteiger partial charge on any atom is 0.319 e. The SMILES string of the molecule is C#Cc1cccc2cc(O)cc(-c3c(F)cc4c(N5CC6CC(C5)N6)nc(OCC56CCCN5C[C@H](F)C6)nc4c3F)c12. The maximum absolute atomic E-state index is 16.7. The van der Waals surface area contributed by atoms with E-state index in [0.717, 1.165) is 25.8 Å². The predicted molar refractivity (Wildman–Crippen MR) is 158 cm³/mol. The number of phenols is 1. The van der Waals surface area contributed by atoms with Gasteiger partial charge in [-0.1, -0.05) is 18.1 Å². The third kappa shape index (κ3) is 4.20. The summed E-state index contributed by atoms with van der Waals surface area (Å²) in [6.07, 6.45) is 8.02. The zero-order valence-electron chi connectivity index (χ0n) is 23.4. The third-order valence-electron chi connectivity index (χ3n) is 9.68. The predicted octanol–water partition coefficient (Wildman–Crippen LogP) is 4.92. The minimum atomic E-state index is -0.919. The lowest BCUT2D eigenvalue weighted by Gasteiger charge is -2.48. The number of piperidine rings is 1. The summed E-state index contributed by atoms with van der Waals surface area (Å²) in [6.45, 7) is 2.65. The number of anilines is 1. The van der Waals surface area contributed by atoms with E-state index < -0.39 is 23.3 Å². The smallest absolute Gasteiger partial charge is 0.319 e. The van der Waals surface area contributed by atoms with Crippen LogP contribution in [0.4, 0.5) is 19.0 Å². The van der Waals surface area contributed by atoms with Crippen LogP contribution in [-0.2, 0) is 0 Å². The van der Waals surface area contributed by atoms with Gasteiger partial charge in [-0.05, 0) is 55.5 Å². The van der Waals surface area contributed by atoms with E-state index in [1.165, 1.54) is 18.2 Å². The molecule has 0 spiro atoms. The van der Waals surface area contributed by atoms with Gasteiger partial charge in [0.25, 0.3) is 0 Å². The summed E-state index contributed by atoms with van der Waals surface area (Å²) in [7, 11) is 0. The van der Waals surface area contributed by atoms with E-state index in [2.05, 4.69) is 21.1 Å². The zero-order chi connectivity index (χ0) is 29.5. The van der Waals surface area contributed by atoms with Crippen molar-refractivity contribution in [2.75, 3.05) is 37.7 Å². The molecule has 4 aromatic rings. The van der Waals surface area contributed by atoms with Crippen LogP contribution in [0.5, 0.6) is 11.8 Å². The number of hydrogen-bond acceptors (Lipinski definition) is 7. The van der Waals surface area contributed by atoms with Gasteiger partial charge >= 0.3 is 6.01 Å². The Morgan fingerprint density at radius 3 is 2.74 bits per heavy atom. The molecule has 1 aromatic heterocycles. The van der Waals surface area contributed by atoms with Gasteiger partial charge in [-0.3, -0.25) is 4.90 Å². The van der Waals surface area contributed by atoms with E-state index in [0.29, 0.717) is 48.2 Å². The number of halogens is 3. The summed E-state index contributed by atoms with van der Waals surface area (Å²) >= 11 is 0. The van der Waals surface area contributed by atoms with E-state index in [9.17, 15) is 9.50 Å². The number of nitrogens with one attached hydrogen (secondary N) is 1. The number of phenolic OH excluding ortho intramolecular Hbond substituents is 1. The second-order valence-electron chi connectivity index (χ2n) is 12.4. The molecule has 7 nitrogen and oxygen atoms in total. The van der Waals surface area contributed by atoms with Crippen LogP contribution in [0.15, 0.2) is 36.4 Å². The van der Waals surface area contributed by atoms with E-state index in [-0.39, 0.29) is 52.5 Å². The van der Waals surface area contributed by atoms with Gasteiger partial charge in [0.15, 0.2) is 5.82 Å². The van der Waals surface area contributed by atoms with Gasteiger partial charge in [0, 0.05) is 60.0 Å². The van der Waals surface area contributed by atoms with Gasteiger partial charge in [-0.15, -0.1) is 6.42 Å². The number of ether oxygens (including phenoxy) is 1. The Labute approximate surface area is 246 Å². The van der Waals surface area contributed by atoms with Crippen LogP contribution in [0.25, 0.3) is 32.8 Å². The van der Waals surface area contributed by atoms with Gasteiger partial charge in [0.2, 0.25) is 0 Å². The fourth-order valence-corrected chi connectivity index (χ4v) is 7.78. The fourth-order valence-electron chi connectivity index (χ4n) is 7.78. The highest BCUT2D eigenvalue weighted by Gasteiger charge is 2.49. The number of fused-ring (bicyclic) bond motifs is 5. The number of alkyl halides is 1. The van der Waals surface area contributed by atoms with Crippen LogP contribution in [0.3, 0.4) is 0 Å². The number of terminal acetylenes is 1. The minimum Gasteiger partial charge on any atom is -0.508 e. The Balaban J connectivity index is 1.29. The third-order valence-corrected chi connectivity index (χ3v) is 9.68. The summed E-state index contributed by atoms with van der Waals surface area (Å²) in [4.78, 5) is 13.3. The molecule has 3 aromatic carbocycles. The summed E-state index contributed by atoms with van der Waals surface area (Å²) < 4.78 is 53.4. The molecular weight excluding hydrogens is 555 g/mol. The van der Waals surface area contributed by atoms with E-state index in [1.54, 1.807) is 18.2 Å². The highest BCUT2D eigenvalue weighted by molar-refractivity contribution is 6.04. The first-order valence-corrected chi connectivity index (χ1v) is 14.8. The second-order valence-corrected chi connectivity index (χ2v) is 12.4. The minimum absolute atomic E-state index is 0.0280. The van der Waals surface area contributed by atoms with Gasteiger partial charge in [-0.2, -0.15) is 9.97 Å². The topological polar surface area (TPSA) is 73.8 Å². The molecule has 3 unspecified atom stereocenters. The number of piperazine rings is 1. The van der Waals surface area contributed by atoms with Crippen molar-refractivity contribution in [1.29, 1.82) is 0 Å². The molecule has 5 fully saturated rings. The van der Waals surface area contributed by atoms with E-state index in [1.807, 2.05) is 4.90 Å². The molecule has 220 valence electrons. The lowest BCUT2D eigenvalue weighted by molar-refractivity contribution is 0.107. The second kappa shape index (κ2) is 9.73. The van der Waals surface area contributed by atoms with Crippen molar-refractivity contribution in [2.45, 2.75) is 49.5 Å². The van der Waals surface area contributed by atoms with Crippen molar-refractivity contribution >= 4 is 27.5 Å². The molecule has 5 aliphatic heterocycles. The molecule has 2 N–H and O–H groups in total. The summed E-state index contributed by atoms with van der Waals surface area (Å²) in [5.74, 6) is 1.14. The Bertz CT molecular complexity index is 1830. The quantitative estimate of drug-likeness (QED) is 0.322. The normalized spacial score (nSPS) is 26.5. The number of aromatic nitrogens is 2. The molecular formula is C33H30F3N5O2. The molecule has 4 atom stereocenters. The highest BCUT2D eigenvalue weighted by Crippen LogP contribution is 2.43. The van der Waals surface area contributed by atoms with Gasteiger partial charge in [0.1, 0.15) is 35.7 Å². The largest absolute Gasteiger partial charge is 0.508 e. The van der Waals surface area contributed by atoms with Crippen molar-refractivity contribution in [3.63, 3.8) is 0 Å². The summed E-state index contributed by atoms with van der Waals surface area (Å²) in [5.41, 5.74) is -0.290.